The zero-order chi connectivity index (χ0) is 26.4. The topological polar surface area (TPSA) is 97.0 Å². The molecule has 3 aromatic rings. The molecular weight excluding hydrogens is 531 g/mol. The van der Waals surface area contributed by atoms with Crippen molar-refractivity contribution in [3.05, 3.63) is 41.0 Å². The third-order valence-electron chi connectivity index (χ3n) is 5.94. The molecule has 2 aromatic heterocycles. The molecule has 192 valence electrons. The third kappa shape index (κ3) is 4.85. The van der Waals surface area contributed by atoms with Crippen LogP contribution in [0.15, 0.2) is 35.4 Å². The molecule has 36 heavy (non-hydrogen) atoms. The van der Waals surface area contributed by atoms with Crippen molar-refractivity contribution in [2.24, 2.45) is 0 Å². The van der Waals surface area contributed by atoms with Gasteiger partial charge < -0.3 is 9.30 Å². The van der Waals surface area contributed by atoms with Crippen molar-refractivity contribution in [1.29, 1.82) is 5.26 Å². The maximum atomic E-state index is 12.9. The van der Waals surface area contributed by atoms with Gasteiger partial charge in [-0.2, -0.15) is 31.9 Å². The van der Waals surface area contributed by atoms with Crippen LogP contribution >= 0.6 is 11.6 Å². The molecule has 7 nitrogen and oxygen atoms in total. The van der Waals surface area contributed by atoms with Gasteiger partial charge in [0.25, 0.3) is 0 Å². The summed E-state index contributed by atoms with van der Waals surface area (Å²) in [7, 11) is -4.53. The Morgan fingerprint density at radius 1 is 1.28 bits per heavy atom. The smallest absolute Gasteiger partial charge is 0.404 e. The zero-order valence-corrected chi connectivity index (χ0v) is 20.1. The fraction of sp³-hybridized carbons (Fsp3) is 0.364. The molecule has 1 N–H and O–H groups in total. The summed E-state index contributed by atoms with van der Waals surface area (Å²) >= 11 is 6.11. The summed E-state index contributed by atoms with van der Waals surface area (Å²) in [6, 6.07) is 4.67. The van der Waals surface area contributed by atoms with E-state index in [1.807, 2.05) is 0 Å². The van der Waals surface area contributed by atoms with Gasteiger partial charge in [0.1, 0.15) is 22.8 Å². The number of nitrogens with one attached hydrogen (secondary N) is 1. The molecule has 1 saturated carbocycles. The fourth-order valence-corrected chi connectivity index (χ4v) is 5.31. The van der Waals surface area contributed by atoms with Crippen molar-refractivity contribution in [1.82, 2.24) is 14.3 Å². The number of nitriles is 1. The summed E-state index contributed by atoms with van der Waals surface area (Å²) in [4.78, 5) is 3.63. The van der Waals surface area contributed by atoms with E-state index in [1.54, 1.807) is 9.29 Å². The lowest BCUT2D eigenvalue weighted by Crippen LogP contribution is -2.42. The van der Waals surface area contributed by atoms with Gasteiger partial charge in [-0.1, -0.05) is 11.6 Å². The first kappa shape index (κ1) is 26.1. The third-order valence-corrected chi connectivity index (χ3v) is 7.76. The number of rotatable bonds is 7. The summed E-state index contributed by atoms with van der Waals surface area (Å²) in [5.41, 5.74) is 1.02. The van der Waals surface area contributed by atoms with E-state index in [-0.39, 0.29) is 28.1 Å². The molecule has 1 aliphatic carbocycles. The number of ether oxygens (including phenoxy) is 1. The van der Waals surface area contributed by atoms with E-state index in [1.165, 1.54) is 18.2 Å². The highest BCUT2D eigenvalue weighted by atomic mass is 35.5. The number of fused-ring (bicyclic) bond motifs is 1. The second kappa shape index (κ2) is 9.49. The number of alkyl halides is 5. The second-order valence-corrected chi connectivity index (χ2v) is 10.4. The molecule has 0 bridgehead atoms. The summed E-state index contributed by atoms with van der Waals surface area (Å²) in [5, 5.41) is 10.2. The monoisotopic (exact) mass is 548 g/mol. The summed E-state index contributed by atoms with van der Waals surface area (Å²) in [6.45, 7) is -2.45. The summed E-state index contributed by atoms with van der Waals surface area (Å²) in [5.74, 6) is -0.271. The van der Waals surface area contributed by atoms with Crippen LogP contribution in [-0.2, 0) is 10.0 Å². The Morgan fingerprint density at radius 3 is 2.47 bits per heavy atom. The number of pyridine rings is 1. The van der Waals surface area contributed by atoms with Crippen LogP contribution in [0.3, 0.4) is 0 Å². The van der Waals surface area contributed by atoms with Crippen LogP contribution in [0.4, 0.5) is 22.0 Å². The fourth-order valence-electron chi connectivity index (χ4n) is 3.93. The van der Waals surface area contributed by atoms with Crippen molar-refractivity contribution in [2.75, 3.05) is 0 Å². The maximum absolute atomic E-state index is 12.9. The van der Waals surface area contributed by atoms with Gasteiger partial charge in [-0.3, -0.25) is 4.98 Å². The number of aromatic nitrogens is 2. The van der Waals surface area contributed by atoms with E-state index >= 15 is 0 Å². The molecule has 4 rings (SSSR count). The van der Waals surface area contributed by atoms with Crippen LogP contribution in [0.2, 0.25) is 5.02 Å². The number of hydrogen-bond acceptors (Lipinski definition) is 5. The molecule has 0 aliphatic heterocycles. The SMILES string of the molecule is CC(NS(=O)(=O)c1ccc(-c2c(C#N)c3cc(Cl)c(OC(F)F)cc3n2C2CCC2)nc1)C(F)(F)F. The molecule has 14 heteroatoms. The Kier molecular flexibility index (Phi) is 6.89. The molecule has 0 radical (unpaired) electrons. The second-order valence-electron chi connectivity index (χ2n) is 8.23. The van der Waals surface area contributed by atoms with Crippen molar-refractivity contribution >= 4 is 32.5 Å². The Bertz CT molecular complexity index is 1450. The predicted molar refractivity (Wildman–Crippen MR) is 120 cm³/mol. The van der Waals surface area contributed by atoms with E-state index in [4.69, 9.17) is 11.6 Å². The van der Waals surface area contributed by atoms with Crippen molar-refractivity contribution in [3.8, 4) is 23.2 Å². The first-order valence-electron chi connectivity index (χ1n) is 10.6. The normalized spacial score (nSPS) is 15.6. The molecule has 1 unspecified atom stereocenters. The lowest BCUT2D eigenvalue weighted by atomic mass is 9.92. The van der Waals surface area contributed by atoms with Gasteiger partial charge in [0, 0.05) is 23.7 Å². The van der Waals surface area contributed by atoms with E-state index < -0.39 is 33.7 Å². The predicted octanol–water partition coefficient (Wildman–Crippen LogP) is 5.78. The number of hydrogen-bond donors (Lipinski definition) is 1. The van der Waals surface area contributed by atoms with Gasteiger partial charge in [-0.05, 0) is 44.4 Å². The Balaban J connectivity index is 1.83. The quantitative estimate of drug-likeness (QED) is 0.377. The molecule has 1 aromatic carbocycles. The number of sulfonamides is 1. The minimum atomic E-state index is -4.78. The molecule has 1 atom stereocenters. The molecule has 1 fully saturated rings. The van der Waals surface area contributed by atoms with Crippen LogP contribution in [0.25, 0.3) is 22.3 Å². The average molecular weight is 549 g/mol. The standard InChI is InChI=1S/C22H18ClF5N4O3S/c1-11(22(26,27)28)31-36(33,34)13-5-6-17(30-10-13)20-15(9-29)14-7-16(23)19(35-21(24)25)8-18(14)32(20)12-3-2-4-12/h5-8,10-12,21,31H,2-4H2,1H3. The Morgan fingerprint density at radius 2 is 1.97 bits per heavy atom. The highest BCUT2D eigenvalue weighted by Crippen LogP contribution is 2.44. The molecule has 0 amide bonds. The minimum Gasteiger partial charge on any atom is -0.433 e. The summed E-state index contributed by atoms with van der Waals surface area (Å²) in [6.07, 6.45) is -1.52. The average Bonchev–Trinajstić information content (AvgIpc) is 3.04. The minimum absolute atomic E-state index is 0.0929. The number of benzene rings is 1. The highest BCUT2D eigenvalue weighted by molar-refractivity contribution is 7.89. The largest absolute Gasteiger partial charge is 0.433 e. The van der Waals surface area contributed by atoms with Gasteiger partial charge in [0.15, 0.2) is 0 Å². The number of nitrogens with zero attached hydrogens (tertiary/aromatic N) is 3. The molecule has 0 spiro atoms. The zero-order valence-electron chi connectivity index (χ0n) is 18.5. The van der Waals surface area contributed by atoms with Gasteiger partial charge in [-0.25, -0.2) is 8.42 Å². The Hall–Kier alpha value is -2.95. The summed E-state index contributed by atoms with van der Waals surface area (Å²) < 4.78 is 96.8. The lowest BCUT2D eigenvalue weighted by Gasteiger charge is -2.30. The Labute approximate surface area is 207 Å². The van der Waals surface area contributed by atoms with Crippen LogP contribution in [0, 0.1) is 11.3 Å². The van der Waals surface area contributed by atoms with E-state index in [2.05, 4.69) is 15.8 Å². The van der Waals surface area contributed by atoms with E-state index in [0.29, 0.717) is 23.5 Å². The first-order valence-corrected chi connectivity index (χ1v) is 12.5. The van der Waals surface area contributed by atoms with Crippen LogP contribution in [0.5, 0.6) is 5.75 Å². The maximum Gasteiger partial charge on any atom is 0.404 e. The van der Waals surface area contributed by atoms with Gasteiger partial charge in [-0.15, -0.1) is 0 Å². The van der Waals surface area contributed by atoms with Crippen LogP contribution in [-0.4, -0.2) is 36.8 Å². The molecular formula is C22H18ClF5N4O3S. The van der Waals surface area contributed by atoms with Crippen molar-refractivity contribution in [2.45, 2.75) is 56.0 Å². The van der Waals surface area contributed by atoms with Gasteiger partial charge in [0.05, 0.1) is 27.5 Å². The van der Waals surface area contributed by atoms with E-state index in [0.717, 1.165) is 31.5 Å². The van der Waals surface area contributed by atoms with Gasteiger partial charge >= 0.3 is 12.8 Å². The molecule has 1 aliphatic rings. The van der Waals surface area contributed by atoms with Crippen molar-refractivity contribution < 1.29 is 35.1 Å². The highest BCUT2D eigenvalue weighted by Gasteiger charge is 2.39. The van der Waals surface area contributed by atoms with Crippen LogP contribution < -0.4 is 9.46 Å². The van der Waals surface area contributed by atoms with Gasteiger partial charge in [0.2, 0.25) is 10.0 Å². The lowest BCUT2D eigenvalue weighted by molar-refractivity contribution is -0.147. The first-order chi connectivity index (χ1) is 16.8. The van der Waals surface area contributed by atoms with Crippen molar-refractivity contribution in [3.63, 3.8) is 0 Å². The van der Waals surface area contributed by atoms with Crippen LogP contribution in [0.1, 0.15) is 37.8 Å². The number of halogens is 6. The molecule has 2 heterocycles. The van der Waals surface area contributed by atoms with E-state index in [9.17, 15) is 35.6 Å². The molecule has 0 saturated heterocycles.